The van der Waals surface area contributed by atoms with Crippen LogP contribution in [-0.2, 0) is 4.79 Å². The van der Waals surface area contributed by atoms with Crippen molar-refractivity contribution in [3.63, 3.8) is 0 Å². The third-order valence-corrected chi connectivity index (χ3v) is 6.05. The van der Waals surface area contributed by atoms with E-state index in [1.807, 2.05) is 53.9 Å². The minimum absolute atomic E-state index is 0.0488. The van der Waals surface area contributed by atoms with E-state index in [1.165, 1.54) is 16.7 Å². The van der Waals surface area contributed by atoms with E-state index in [9.17, 15) is 9.59 Å². The first-order valence-electron chi connectivity index (χ1n) is 9.96. The second-order valence-electron chi connectivity index (χ2n) is 7.14. The van der Waals surface area contributed by atoms with Crippen LogP contribution in [0.2, 0.25) is 0 Å². The molecule has 0 saturated carbocycles. The van der Waals surface area contributed by atoms with Crippen LogP contribution in [0.5, 0.6) is 5.75 Å². The predicted octanol–water partition coefficient (Wildman–Crippen LogP) is 4.09. The number of thiophene rings is 1. The fraction of sp³-hybridized carbons (Fsp3) is 0.304. The summed E-state index contributed by atoms with van der Waals surface area (Å²) in [6, 6.07) is 17.4. The Labute approximate surface area is 174 Å². The van der Waals surface area contributed by atoms with Crippen molar-refractivity contribution < 1.29 is 14.3 Å². The summed E-state index contributed by atoms with van der Waals surface area (Å²) in [7, 11) is 0. The van der Waals surface area contributed by atoms with Gasteiger partial charge in [0, 0.05) is 6.54 Å². The van der Waals surface area contributed by atoms with Crippen LogP contribution in [-0.4, -0.2) is 42.5 Å². The number of carbonyl (C=O) groups is 2. The number of carbonyl (C=O) groups excluding carboxylic acids is 2. The molecule has 1 aliphatic heterocycles. The Morgan fingerprint density at radius 1 is 1.07 bits per heavy atom. The molecule has 0 spiro atoms. The molecular weight excluding hydrogens is 384 g/mol. The average Bonchev–Trinajstić information content (AvgIpc) is 3.31. The molecule has 29 heavy (non-hydrogen) atoms. The molecule has 4 rings (SSSR count). The second-order valence-corrected chi connectivity index (χ2v) is 8.08. The number of hydrogen-bond acceptors (Lipinski definition) is 4. The van der Waals surface area contributed by atoms with Crippen molar-refractivity contribution in [3.05, 3.63) is 64.9 Å². The lowest BCUT2D eigenvalue weighted by Gasteiger charge is -2.34. The fourth-order valence-corrected chi connectivity index (χ4v) is 4.39. The molecule has 1 saturated heterocycles. The monoisotopic (exact) mass is 408 g/mol. The van der Waals surface area contributed by atoms with Gasteiger partial charge in [0.05, 0.1) is 11.4 Å². The van der Waals surface area contributed by atoms with Crippen LogP contribution < -0.4 is 10.1 Å². The van der Waals surface area contributed by atoms with Crippen LogP contribution in [0, 0.1) is 0 Å². The predicted molar refractivity (Wildman–Crippen MR) is 115 cm³/mol. The van der Waals surface area contributed by atoms with Crippen LogP contribution in [0.4, 0.5) is 0 Å². The van der Waals surface area contributed by atoms with E-state index in [-0.39, 0.29) is 11.8 Å². The standard InChI is InChI=1S/C23H24N2O3S/c26-22(20-8-3-4-13-25(20)23(27)21-9-5-15-29-21)24-12-14-28-19-11-10-17-6-1-2-7-18(17)16-19/h1-2,5-7,9-11,15-16,20H,3-4,8,12-14H2,(H,24,26). The average molecular weight is 409 g/mol. The number of ether oxygens (including phenoxy) is 1. The molecule has 1 atom stereocenters. The number of rotatable bonds is 6. The fourth-order valence-electron chi connectivity index (χ4n) is 3.71. The van der Waals surface area contributed by atoms with E-state index in [1.54, 1.807) is 4.90 Å². The Kier molecular flexibility index (Phi) is 6.10. The molecule has 150 valence electrons. The number of piperidine rings is 1. The van der Waals surface area contributed by atoms with E-state index in [0.29, 0.717) is 31.0 Å². The van der Waals surface area contributed by atoms with Crippen molar-refractivity contribution >= 4 is 33.9 Å². The number of hydrogen-bond donors (Lipinski definition) is 1. The molecule has 1 fully saturated rings. The molecule has 6 heteroatoms. The van der Waals surface area contributed by atoms with E-state index in [0.717, 1.165) is 24.0 Å². The number of likely N-dealkylation sites (tertiary alicyclic amines) is 1. The number of amides is 2. The van der Waals surface area contributed by atoms with Crippen LogP contribution >= 0.6 is 11.3 Å². The van der Waals surface area contributed by atoms with E-state index in [4.69, 9.17) is 4.74 Å². The molecule has 1 unspecified atom stereocenters. The molecule has 0 radical (unpaired) electrons. The zero-order chi connectivity index (χ0) is 20.1. The lowest BCUT2D eigenvalue weighted by atomic mass is 10.0. The minimum atomic E-state index is -0.404. The van der Waals surface area contributed by atoms with Gasteiger partial charge in [-0.05, 0) is 53.6 Å². The van der Waals surface area contributed by atoms with Crippen molar-refractivity contribution in [1.82, 2.24) is 10.2 Å². The van der Waals surface area contributed by atoms with Gasteiger partial charge in [-0.2, -0.15) is 0 Å². The summed E-state index contributed by atoms with van der Waals surface area (Å²) >= 11 is 1.42. The first-order chi connectivity index (χ1) is 14.2. The second kappa shape index (κ2) is 9.09. The molecular formula is C23H24N2O3S. The molecule has 3 aromatic rings. The van der Waals surface area contributed by atoms with Crippen molar-refractivity contribution in [2.24, 2.45) is 0 Å². The highest BCUT2D eigenvalue weighted by molar-refractivity contribution is 7.12. The first-order valence-corrected chi connectivity index (χ1v) is 10.8. The Morgan fingerprint density at radius 2 is 1.93 bits per heavy atom. The van der Waals surface area contributed by atoms with Gasteiger partial charge in [-0.1, -0.05) is 36.4 Å². The third-order valence-electron chi connectivity index (χ3n) is 5.19. The van der Waals surface area contributed by atoms with Crippen LogP contribution in [0.25, 0.3) is 10.8 Å². The molecule has 0 aliphatic carbocycles. The highest BCUT2D eigenvalue weighted by atomic mass is 32.1. The Morgan fingerprint density at radius 3 is 2.76 bits per heavy atom. The van der Waals surface area contributed by atoms with E-state index < -0.39 is 6.04 Å². The van der Waals surface area contributed by atoms with Crippen LogP contribution in [0.3, 0.4) is 0 Å². The summed E-state index contributed by atoms with van der Waals surface area (Å²) in [6.45, 7) is 1.42. The van der Waals surface area contributed by atoms with E-state index in [2.05, 4.69) is 11.4 Å². The normalized spacial score (nSPS) is 16.6. The largest absolute Gasteiger partial charge is 0.492 e. The number of nitrogens with one attached hydrogen (secondary N) is 1. The molecule has 1 N–H and O–H groups in total. The van der Waals surface area contributed by atoms with Gasteiger partial charge in [-0.15, -0.1) is 11.3 Å². The number of benzene rings is 2. The summed E-state index contributed by atoms with van der Waals surface area (Å²) in [5.74, 6) is 0.633. The van der Waals surface area contributed by atoms with Gasteiger partial charge in [0.2, 0.25) is 5.91 Å². The summed E-state index contributed by atoms with van der Waals surface area (Å²) in [5.41, 5.74) is 0. The highest BCUT2D eigenvalue weighted by Crippen LogP contribution is 2.22. The zero-order valence-corrected chi connectivity index (χ0v) is 17.0. The summed E-state index contributed by atoms with van der Waals surface area (Å²) in [4.78, 5) is 27.8. The molecule has 1 aromatic heterocycles. The van der Waals surface area contributed by atoms with Gasteiger partial charge >= 0.3 is 0 Å². The van der Waals surface area contributed by atoms with Crippen LogP contribution in [0.1, 0.15) is 28.9 Å². The maximum atomic E-state index is 12.7. The molecule has 1 aliphatic rings. The van der Waals surface area contributed by atoms with Gasteiger partial charge in [0.25, 0.3) is 5.91 Å². The minimum Gasteiger partial charge on any atom is -0.492 e. The molecule has 2 aromatic carbocycles. The summed E-state index contributed by atoms with van der Waals surface area (Å²) < 4.78 is 5.79. The van der Waals surface area contributed by atoms with Crippen molar-refractivity contribution in [2.45, 2.75) is 25.3 Å². The number of fused-ring (bicyclic) bond motifs is 1. The van der Waals surface area contributed by atoms with Gasteiger partial charge in [0.15, 0.2) is 0 Å². The summed E-state index contributed by atoms with van der Waals surface area (Å²) in [6.07, 6.45) is 2.60. The lowest BCUT2D eigenvalue weighted by molar-refractivity contribution is -0.126. The topological polar surface area (TPSA) is 58.6 Å². The molecule has 0 bridgehead atoms. The lowest BCUT2D eigenvalue weighted by Crippen LogP contribution is -2.52. The zero-order valence-electron chi connectivity index (χ0n) is 16.2. The van der Waals surface area contributed by atoms with Crippen LogP contribution in [0.15, 0.2) is 60.0 Å². The number of nitrogens with zero attached hydrogens (tertiary/aromatic N) is 1. The van der Waals surface area contributed by atoms with Crippen molar-refractivity contribution in [2.75, 3.05) is 19.7 Å². The third kappa shape index (κ3) is 4.59. The van der Waals surface area contributed by atoms with Crippen molar-refractivity contribution in [3.8, 4) is 5.75 Å². The summed E-state index contributed by atoms with van der Waals surface area (Å²) in [5, 5.41) is 7.11. The maximum Gasteiger partial charge on any atom is 0.264 e. The molecule has 2 amide bonds. The Hall–Kier alpha value is -2.86. The van der Waals surface area contributed by atoms with Gasteiger partial charge in [-0.25, -0.2) is 0 Å². The smallest absolute Gasteiger partial charge is 0.264 e. The maximum absolute atomic E-state index is 12.7. The Balaban J connectivity index is 1.30. The quantitative estimate of drug-likeness (QED) is 0.625. The van der Waals surface area contributed by atoms with E-state index >= 15 is 0 Å². The Bertz CT molecular complexity index is 987. The van der Waals surface area contributed by atoms with Gasteiger partial charge in [0.1, 0.15) is 18.4 Å². The SMILES string of the molecule is O=C(NCCOc1ccc2ccccc2c1)C1CCCCN1C(=O)c1cccs1. The molecule has 5 nitrogen and oxygen atoms in total. The van der Waals surface area contributed by atoms with Gasteiger partial charge in [-0.3, -0.25) is 9.59 Å². The van der Waals surface area contributed by atoms with Crippen molar-refractivity contribution in [1.29, 1.82) is 0 Å². The highest BCUT2D eigenvalue weighted by Gasteiger charge is 2.32. The van der Waals surface area contributed by atoms with Gasteiger partial charge < -0.3 is 15.0 Å². The molecule has 2 heterocycles. The first kappa shape index (κ1) is 19.5.